The van der Waals surface area contributed by atoms with Crippen LogP contribution in [-0.2, 0) is 24.3 Å². The van der Waals surface area contributed by atoms with Crippen LogP contribution < -0.4 is 0 Å². The fourth-order valence-corrected chi connectivity index (χ4v) is 3.25. The Balaban J connectivity index is 0.00000192. The highest BCUT2D eigenvalue weighted by atomic mass is 35.5. The van der Waals surface area contributed by atoms with Crippen LogP contribution in [0.15, 0.2) is 42.5 Å². The summed E-state index contributed by atoms with van der Waals surface area (Å²) in [5.74, 6) is -0.812. The predicted octanol–water partition coefficient (Wildman–Crippen LogP) is 4.43. The van der Waals surface area contributed by atoms with E-state index in [4.69, 9.17) is 23.2 Å². The minimum absolute atomic E-state index is 0. The van der Waals surface area contributed by atoms with Crippen molar-refractivity contribution in [2.45, 2.75) is 25.6 Å². The van der Waals surface area contributed by atoms with E-state index in [1.165, 1.54) is 0 Å². The maximum atomic E-state index is 11.6. The van der Waals surface area contributed by atoms with Gasteiger partial charge in [0.15, 0.2) is 0 Å². The van der Waals surface area contributed by atoms with Gasteiger partial charge in [-0.1, -0.05) is 47.5 Å². The fourth-order valence-electron chi connectivity index (χ4n) is 2.86. The van der Waals surface area contributed by atoms with Crippen LogP contribution in [0.4, 0.5) is 0 Å². The van der Waals surface area contributed by atoms with Gasteiger partial charge in [-0.3, -0.25) is 9.69 Å². The SMILES string of the molecule is Cl.O=C(O)C1Cc2ccc(Cl)cc2CN1Cc1ccccc1Cl. The molecule has 1 N–H and O–H groups in total. The molecule has 23 heavy (non-hydrogen) atoms. The van der Waals surface area contributed by atoms with Gasteiger partial charge in [0, 0.05) is 23.1 Å². The van der Waals surface area contributed by atoms with Crippen LogP contribution in [-0.4, -0.2) is 22.0 Å². The van der Waals surface area contributed by atoms with E-state index >= 15 is 0 Å². The third kappa shape index (κ3) is 3.99. The van der Waals surface area contributed by atoms with Crippen molar-refractivity contribution in [2.75, 3.05) is 0 Å². The average molecular weight is 373 g/mol. The number of rotatable bonds is 3. The van der Waals surface area contributed by atoms with Gasteiger partial charge in [0.2, 0.25) is 0 Å². The molecule has 2 aromatic rings. The summed E-state index contributed by atoms with van der Waals surface area (Å²) in [4.78, 5) is 13.5. The van der Waals surface area contributed by atoms with Crippen molar-refractivity contribution < 1.29 is 9.90 Å². The molecule has 0 aromatic heterocycles. The molecule has 1 aliphatic rings. The number of benzene rings is 2. The standard InChI is InChI=1S/C17H15Cl2NO2.ClH/c18-14-6-5-11-8-16(17(21)22)20(10-13(11)7-14)9-12-3-1-2-4-15(12)19;/h1-7,16H,8-10H2,(H,21,22);1H. The Morgan fingerprint density at radius 2 is 1.91 bits per heavy atom. The number of halogens is 3. The topological polar surface area (TPSA) is 40.5 Å². The molecule has 3 nitrogen and oxygen atoms in total. The van der Waals surface area contributed by atoms with Crippen LogP contribution in [0, 0.1) is 0 Å². The molecule has 122 valence electrons. The van der Waals surface area contributed by atoms with Crippen molar-refractivity contribution in [3.8, 4) is 0 Å². The van der Waals surface area contributed by atoms with Gasteiger partial charge in [0.05, 0.1) is 0 Å². The van der Waals surface area contributed by atoms with Gasteiger partial charge in [-0.2, -0.15) is 0 Å². The van der Waals surface area contributed by atoms with E-state index in [0.717, 1.165) is 16.7 Å². The number of hydrogen-bond donors (Lipinski definition) is 1. The third-order valence-electron chi connectivity index (χ3n) is 4.01. The third-order valence-corrected chi connectivity index (χ3v) is 4.62. The molecule has 1 unspecified atom stereocenters. The molecule has 0 aliphatic carbocycles. The number of carboxylic acid groups (broad SMARTS) is 1. The van der Waals surface area contributed by atoms with E-state index < -0.39 is 12.0 Å². The second-order valence-electron chi connectivity index (χ2n) is 5.47. The fraction of sp³-hybridized carbons (Fsp3) is 0.235. The maximum Gasteiger partial charge on any atom is 0.321 e. The van der Waals surface area contributed by atoms with Crippen molar-refractivity contribution in [2.24, 2.45) is 0 Å². The normalized spacial score (nSPS) is 17.2. The Labute approximate surface area is 151 Å². The van der Waals surface area contributed by atoms with Crippen LogP contribution in [0.5, 0.6) is 0 Å². The zero-order valence-electron chi connectivity index (χ0n) is 12.2. The summed E-state index contributed by atoms with van der Waals surface area (Å²) in [6.45, 7) is 1.06. The van der Waals surface area contributed by atoms with E-state index in [2.05, 4.69) is 0 Å². The molecule has 0 bridgehead atoms. The summed E-state index contributed by atoms with van der Waals surface area (Å²) in [7, 11) is 0. The Morgan fingerprint density at radius 3 is 2.61 bits per heavy atom. The lowest BCUT2D eigenvalue weighted by molar-refractivity contribution is -0.144. The highest BCUT2D eigenvalue weighted by Gasteiger charge is 2.31. The molecular weight excluding hydrogens is 357 g/mol. The average Bonchev–Trinajstić information content (AvgIpc) is 2.48. The largest absolute Gasteiger partial charge is 0.480 e. The highest BCUT2D eigenvalue weighted by Crippen LogP contribution is 2.28. The molecule has 0 radical (unpaired) electrons. The first kappa shape index (κ1) is 18.1. The number of aliphatic carboxylic acids is 1. The van der Waals surface area contributed by atoms with E-state index in [0.29, 0.717) is 29.6 Å². The molecule has 3 rings (SSSR count). The van der Waals surface area contributed by atoms with Gasteiger partial charge in [-0.15, -0.1) is 12.4 Å². The minimum Gasteiger partial charge on any atom is -0.480 e. The number of carbonyl (C=O) groups is 1. The van der Waals surface area contributed by atoms with Gasteiger partial charge in [-0.05, 0) is 41.3 Å². The summed E-state index contributed by atoms with van der Waals surface area (Å²) in [6, 6.07) is 12.6. The van der Waals surface area contributed by atoms with Crippen LogP contribution in [0.3, 0.4) is 0 Å². The molecule has 0 spiro atoms. The lowest BCUT2D eigenvalue weighted by atomic mass is 9.93. The molecule has 0 amide bonds. The summed E-state index contributed by atoms with van der Waals surface area (Å²) in [5, 5.41) is 10.9. The first-order valence-electron chi connectivity index (χ1n) is 7.02. The van der Waals surface area contributed by atoms with E-state index in [-0.39, 0.29) is 12.4 Å². The second-order valence-corrected chi connectivity index (χ2v) is 6.31. The summed E-state index contributed by atoms with van der Waals surface area (Å²) in [5.41, 5.74) is 3.06. The summed E-state index contributed by atoms with van der Waals surface area (Å²) < 4.78 is 0. The number of fused-ring (bicyclic) bond motifs is 1. The quantitative estimate of drug-likeness (QED) is 0.866. The summed E-state index contributed by atoms with van der Waals surface area (Å²) >= 11 is 12.3. The Bertz CT molecular complexity index is 721. The smallest absolute Gasteiger partial charge is 0.321 e. The van der Waals surface area contributed by atoms with E-state index in [1.54, 1.807) is 0 Å². The van der Waals surface area contributed by atoms with Crippen molar-refractivity contribution >= 4 is 41.6 Å². The second kappa shape index (κ2) is 7.54. The lowest BCUT2D eigenvalue weighted by Crippen LogP contribution is -2.45. The zero-order valence-corrected chi connectivity index (χ0v) is 14.5. The first-order chi connectivity index (χ1) is 10.5. The Morgan fingerprint density at radius 1 is 1.17 bits per heavy atom. The molecule has 1 heterocycles. The Kier molecular flexibility index (Phi) is 5.93. The van der Waals surface area contributed by atoms with E-state index in [1.807, 2.05) is 47.4 Å². The number of nitrogens with zero attached hydrogens (tertiary/aromatic N) is 1. The molecule has 6 heteroatoms. The molecule has 2 aromatic carbocycles. The van der Waals surface area contributed by atoms with Crippen molar-refractivity contribution in [3.63, 3.8) is 0 Å². The maximum absolute atomic E-state index is 11.6. The van der Waals surface area contributed by atoms with Crippen LogP contribution in [0.2, 0.25) is 10.0 Å². The Hall–Kier alpha value is -1.26. The van der Waals surface area contributed by atoms with Crippen molar-refractivity contribution in [1.82, 2.24) is 4.90 Å². The monoisotopic (exact) mass is 371 g/mol. The minimum atomic E-state index is -0.812. The first-order valence-corrected chi connectivity index (χ1v) is 7.78. The molecular formula is C17H16Cl3NO2. The molecule has 1 atom stereocenters. The van der Waals surface area contributed by atoms with E-state index in [9.17, 15) is 9.90 Å². The van der Waals surface area contributed by atoms with Gasteiger partial charge in [-0.25, -0.2) is 0 Å². The highest BCUT2D eigenvalue weighted by molar-refractivity contribution is 6.31. The van der Waals surface area contributed by atoms with Crippen LogP contribution >= 0.6 is 35.6 Å². The molecule has 0 saturated carbocycles. The van der Waals surface area contributed by atoms with Crippen LogP contribution in [0.1, 0.15) is 16.7 Å². The predicted molar refractivity (Wildman–Crippen MR) is 94.5 cm³/mol. The molecule has 1 aliphatic heterocycles. The number of carboxylic acids is 1. The molecule has 0 saturated heterocycles. The molecule has 0 fully saturated rings. The van der Waals surface area contributed by atoms with Crippen LogP contribution in [0.25, 0.3) is 0 Å². The zero-order chi connectivity index (χ0) is 15.7. The van der Waals surface area contributed by atoms with Crippen molar-refractivity contribution in [3.05, 3.63) is 69.2 Å². The summed E-state index contributed by atoms with van der Waals surface area (Å²) in [6.07, 6.45) is 0.478. The number of hydrogen-bond acceptors (Lipinski definition) is 2. The lowest BCUT2D eigenvalue weighted by Gasteiger charge is -2.34. The van der Waals surface area contributed by atoms with Gasteiger partial charge >= 0.3 is 5.97 Å². The van der Waals surface area contributed by atoms with Gasteiger partial charge in [0.1, 0.15) is 6.04 Å². The van der Waals surface area contributed by atoms with Gasteiger partial charge < -0.3 is 5.11 Å². The van der Waals surface area contributed by atoms with Crippen molar-refractivity contribution in [1.29, 1.82) is 0 Å². The van der Waals surface area contributed by atoms with Gasteiger partial charge in [0.25, 0.3) is 0 Å².